The second-order valence-electron chi connectivity index (χ2n) is 6.46. The molecule has 0 saturated heterocycles. The first kappa shape index (κ1) is 13.9. The van der Waals surface area contributed by atoms with Crippen LogP contribution < -0.4 is 5.32 Å². The van der Waals surface area contributed by atoms with Crippen molar-refractivity contribution in [1.82, 2.24) is 5.32 Å². The van der Waals surface area contributed by atoms with E-state index in [0.29, 0.717) is 12.1 Å². The van der Waals surface area contributed by atoms with Crippen LogP contribution in [0, 0.1) is 17.8 Å². The number of carbonyl (C=O) groups is 1. The van der Waals surface area contributed by atoms with Gasteiger partial charge in [0.05, 0.1) is 5.92 Å². The van der Waals surface area contributed by atoms with Gasteiger partial charge in [-0.25, -0.2) is 0 Å². The van der Waals surface area contributed by atoms with E-state index in [1.165, 1.54) is 19.3 Å². The van der Waals surface area contributed by atoms with Gasteiger partial charge in [0.25, 0.3) is 0 Å². The van der Waals surface area contributed by atoms with Crippen LogP contribution >= 0.6 is 0 Å². The van der Waals surface area contributed by atoms with Crippen LogP contribution in [0.3, 0.4) is 0 Å². The second-order valence-corrected chi connectivity index (χ2v) is 6.46. The van der Waals surface area contributed by atoms with Crippen LogP contribution in [-0.4, -0.2) is 23.2 Å². The Balaban J connectivity index is 1.81. The Bertz CT molecular complexity index is 274. The molecule has 2 atom stereocenters. The summed E-state index contributed by atoms with van der Waals surface area (Å²) in [7, 11) is 0. The molecule has 3 nitrogen and oxygen atoms in total. The lowest BCUT2D eigenvalue weighted by Gasteiger charge is -2.39. The van der Waals surface area contributed by atoms with E-state index in [9.17, 15) is 4.79 Å². The molecule has 2 rings (SSSR count). The normalized spacial score (nSPS) is 41.6. The van der Waals surface area contributed by atoms with E-state index in [-0.39, 0.29) is 5.92 Å². The SMILES string of the molecule is CC1CCCC(C)C1NC1CCC(C(=O)O)CC1. The maximum absolute atomic E-state index is 10.9. The lowest BCUT2D eigenvalue weighted by atomic mass is 9.77. The summed E-state index contributed by atoms with van der Waals surface area (Å²) in [4.78, 5) is 10.9. The molecule has 0 aromatic carbocycles. The topological polar surface area (TPSA) is 49.3 Å². The van der Waals surface area contributed by atoms with E-state index in [4.69, 9.17) is 5.11 Å². The Labute approximate surface area is 110 Å². The van der Waals surface area contributed by atoms with Crippen LogP contribution in [0.25, 0.3) is 0 Å². The highest BCUT2D eigenvalue weighted by atomic mass is 16.4. The van der Waals surface area contributed by atoms with Crippen molar-refractivity contribution in [3.63, 3.8) is 0 Å². The van der Waals surface area contributed by atoms with Crippen molar-refractivity contribution in [1.29, 1.82) is 0 Å². The smallest absolute Gasteiger partial charge is 0.306 e. The lowest BCUT2D eigenvalue weighted by molar-refractivity contribution is -0.142. The molecule has 2 unspecified atom stereocenters. The van der Waals surface area contributed by atoms with Crippen molar-refractivity contribution in [2.24, 2.45) is 17.8 Å². The molecule has 2 N–H and O–H groups in total. The molecule has 104 valence electrons. The first-order chi connectivity index (χ1) is 8.58. The third-order valence-corrected chi connectivity index (χ3v) is 5.05. The van der Waals surface area contributed by atoms with Crippen molar-refractivity contribution in [3.05, 3.63) is 0 Å². The third-order valence-electron chi connectivity index (χ3n) is 5.05. The highest BCUT2D eigenvalue weighted by Crippen LogP contribution is 2.31. The summed E-state index contributed by atoms with van der Waals surface area (Å²) < 4.78 is 0. The standard InChI is InChI=1S/C15H27NO2/c1-10-4-3-5-11(2)14(10)16-13-8-6-12(7-9-13)15(17)18/h10-14,16H,3-9H2,1-2H3,(H,17,18). The van der Waals surface area contributed by atoms with Gasteiger partial charge >= 0.3 is 5.97 Å². The molecular weight excluding hydrogens is 226 g/mol. The van der Waals surface area contributed by atoms with Gasteiger partial charge in [-0.3, -0.25) is 4.79 Å². The molecule has 0 aromatic heterocycles. The van der Waals surface area contributed by atoms with Crippen molar-refractivity contribution < 1.29 is 9.90 Å². The molecule has 0 aliphatic heterocycles. The van der Waals surface area contributed by atoms with E-state index >= 15 is 0 Å². The first-order valence-corrected chi connectivity index (χ1v) is 7.56. The molecule has 2 fully saturated rings. The van der Waals surface area contributed by atoms with Gasteiger partial charge in [0.1, 0.15) is 0 Å². The predicted molar refractivity (Wildman–Crippen MR) is 72.5 cm³/mol. The average Bonchev–Trinajstić information content (AvgIpc) is 2.34. The molecular formula is C15H27NO2. The van der Waals surface area contributed by atoms with Gasteiger partial charge in [-0.15, -0.1) is 0 Å². The number of rotatable bonds is 3. The summed E-state index contributed by atoms with van der Waals surface area (Å²) in [5.41, 5.74) is 0. The number of carboxylic acids is 1. The molecule has 2 saturated carbocycles. The largest absolute Gasteiger partial charge is 0.481 e. The number of hydrogen-bond donors (Lipinski definition) is 2. The Hall–Kier alpha value is -0.570. The average molecular weight is 253 g/mol. The fourth-order valence-electron chi connectivity index (χ4n) is 3.79. The molecule has 18 heavy (non-hydrogen) atoms. The zero-order chi connectivity index (χ0) is 13.1. The molecule has 2 aliphatic carbocycles. The summed E-state index contributed by atoms with van der Waals surface area (Å²) in [6.45, 7) is 4.71. The molecule has 0 amide bonds. The first-order valence-electron chi connectivity index (χ1n) is 7.56. The molecule has 0 heterocycles. The van der Waals surface area contributed by atoms with E-state index < -0.39 is 5.97 Å². The number of nitrogens with one attached hydrogen (secondary N) is 1. The summed E-state index contributed by atoms with van der Waals surface area (Å²) in [6, 6.07) is 1.19. The Kier molecular flexibility index (Phi) is 4.66. The maximum Gasteiger partial charge on any atom is 0.306 e. The van der Waals surface area contributed by atoms with Crippen molar-refractivity contribution in [2.75, 3.05) is 0 Å². The van der Waals surface area contributed by atoms with Gasteiger partial charge in [-0.05, 0) is 50.4 Å². The number of carboxylic acid groups (broad SMARTS) is 1. The van der Waals surface area contributed by atoms with Gasteiger partial charge in [-0.2, -0.15) is 0 Å². The Morgan fingerprint density at radius 1 is 1.00 bits per heavy atom. The zero-order valence-corrected chi connectivity index (χ0v) is 11.7. The van der Waals surface area contributed by atoms with Crippen LogP contribution in [0.1, 0.15) is 58.8 Å². The van der Waals surface area contributed by atoms with Crippen LogP contribution in [0.5, 0.6) is 0 Å². The fourth-order valence-corrected chi connectivity index (χ4v) is 3.79. The molecule has 3 heteroatoms. The quantitative estimate of drug-likeness (QED) is 0.812. The molecule has 0 radical (unpaired) electrons. The second kappa shape index (κ2) is 6.05. The Morgan fingerprint density at radius 3 is 2.06 bits per heavy atom. The predicted octanol–water partition coefficient (Wildman–Crippen LogP) is 3.04. The van der Waals surface area contributed by atoms with Gasteiger partial charge in [0, 0.05) is 12.1 Å². The zero-order valence-electron chi connectivity index (χ0n) is 11.7. The minimum atomic E-state index is -0.604. The fraction of sp³-hybridized carbons (Fsp3) is 0.933. The summed E-state index contributed by atoms with van der Waals surface area (Å²) in [5, 5.41) is 12.8. The van der Waals surface area contributed by atoms with E-state index in [1.807, 2.05) is 0 Å². The van der Waals surface area contributed by atoms with Crippen LogP contribution in [0.4, 0.5) is 0 Å². The number of hydrogen-bond acceptors (Lipinski definition) is 2. The van der Waals surface area contributed by atoms with Crippen LogP contribution in [0.2, 0.25) is 0 Å². The van der Waals surface area contributed by atoms with Gasteiger partial charge in [0.2, 0.25) is 0 Å². The lowest BCUT2D eigenvalue weighted by Crippen LogP contribution is -2.49. The molecule has 2 aliphatic rings. The Morgan fingerprint density at radius 2 is 1.56 bits per heavy atom. The highest BCUT2D eigenvalue weighted by Gasteiger charge is 2.32. The van der Waals surface area contributed by atoms with Gasteiger partial charge < -0.3 is 10.4 Å². The van der Waals surface area contributed by atoms with Crippen molar-refractivity contribution >= 4 is 5.97 Å². The van der Waals surface area contributed by atoms with Crippen LogP contribution in [0.15, 0.2) is 0 Å². The monoisotopic (exact) mass is 253 g/mol. The molecule has 0 aromatic rings. The summed E-state index contributed by atoms with van der Waals surface area (Å²) >= 11 is 0. The molecule has 0 spiro atoms. The summed E-state index contributed by atoms with van der Waals surface area (Å²) in [6.07, 6.45) is 7.82. The van der Waals surface area contributed by atoms with E-state index in [1.54, 1.807) is 0 Å². The van der Waals surface area contributed by atoms with Gasteiger partial charge in [-0.1, -0.05) is 20.3 Å². The minimum Gasteiger partial charge on any atom is -0.481 e. The van der Waals surface area contributed by atoms with Crippen LogP contribution in [-0.2, 0) is 4.79 Å². The van der Waals surface area contributed by atoms with Crippen molar-refractivity contribution in [3.8, 4) is 0 Å². The molecule has 0 bridgehead atoms. The summed E-state index contributed by atoms with van der Waals surface area (Å²) in [5.74, 6) is 0.842. The maximum atomic E-state index is 10.9. The highest BCUT2D eigenvalue weighted by molar-refractivity contribution is 5.70. The minimum absolute atomic E-state index is 0.0933. The van der Waals surface area contributed by atoms with Gasteiger partial charge in [0.15, 0.2) is 0 Å². The van der Waals surface area contributed by atoms with E-state index in [0.717, 1.165) is 37.5 Å². The number of aliphatic carboxylic acids is 1. The van der Waals surface area contributed by atoms with Crippen molar-refractivity contribution in [2.45, 2.75) is 70.9 Å². The van der Waals surface area contributed by atoms with E-state index in [2.05, 4.69) is 19.2 Å². The third kappa shape index (κ3) is 3.25.